The molecule has 1 aromatic carbocycles. The van der Waals surface area contributed by atoms with E-state index < -0.39 is 6.17 Å². The van der Waals surface area contributed by atoms with Crippen molar-refractivity contribution in [1.29, 1.82) is 0 Å². The van der Waals surface area contributed by atoms with Crippen LogP contribution in [-0.4, -0.2) is 18.3 Å². The summed E-state index contributed by atoms with van der Waals surface area (Å²) in [7, 11) is 0. The van der Waals surface area contributed by atoms with Gasteiger partial charge in [-0.15, -0.1) is 0 Å². The molecule has 4 heteroatoms. The molecule has 1 unspecified atom stereocenters. The predicted molar refractivity (Wildman–Crippen MR) is 48.6 cm³/mol. The Morgan fingerprint density at radius 1 is 1.29 bits per heavy atom. The summed E-state index contributed by atoms with van der Waals surface area (Å²) in [5, 5.41) is 9.46. The van der Waals surface area contributed by atoms with Gasteiger partial charge in [-0.05, 0) is 13.0 Å². The van der Waals surface area contributed by atoms with E-state index in [0.717, 1.165) is 0 Å². The number of phenols is 1. The van der Waals surface area contributed by atoms with Crippen molar-refractivity contribution < 1.29 is 19.0 Å². The molecule has 0 saturated carbocycles. The SMILES string of the molecule is CC(F)c1cc2c(cc1O)OCCO2. The Labute approximate surface area is 81.1 Å². The number of rotatable bonds is 1. The molecule has 76 valence electrons. The van der Waals surface area contributed by atoms with Gasteiger partial charge in [-0.25, -0.2) is 4.39 Å². The molecule has 0 fully saturated rings. The Morgan fingerprint density at radius 3 is 2.43 bits per heavy atom. The zero-order valence-electron chi connectivity index (χ0n) is 7.79. The van der Waals surface area contributed by atoms with Crippen molar-refractivity contribution >= 4 is 0 Å². The standard InChI is InChI=1S/C10H11FO3/c1-6(11)7-4-9-10(5-8(7)12)14-3-2-13-9/h4-6,12H,2-3H2,1H3. The fourth-order valence-electron chi connectivity index (χ4n) is 1.41. The predicted octanol–water partition coefficient (Wildman–Crippen LogP) is 2.19. The molecule has 14 heavy (non-hydrogen) atoms. The molecule has 1 aromatic rings. The van der Waals surface area contributed by atoms with Crippen LogP contribution >= 0.6 is 0 Å². The van der Waals surface area contributed by atoms with Crippen LogP contribution in [0.4, 0.5) is 4.39 Å². The minimum absolute atomic E-state index is 0.0933. The number of benzene rings is 1. The van der Waals surface area contributed by atoms with Crippen LogP contribution in [0.15, 0.2) is 12.1 Å². The van der Waals surface area contributed by atoms with Crippen molar-refractivity contribution in [3.63, 3.8) is 0 Å². The molecule has 1 heterocycles. The smallest absolute Gasteiger partial charge is 0.165 e. The normalized spacial score (nSPS) is 16.4. The summed E-state index contributed by atoms with van der Waals surface area (Å²) in [6.45, 7) is 2.28. The Bertz CT molecular complexity index is 349. The molecule has 1 aliphatic heterocycles. The molecule has 3 nitrogen and oxygen atoms in total. The summed E-state index contributed by atoms with van der Waals surface area (Å²) in [6.07, 6.45) is -1.22. The van der Waals surface area contributed by atoms with Gasteiger partial charge in [-0.3, -0.25) is 0 Å². The highest BCUT2D eigenvalue weighted by Crippen LogP contribution is 2.39. The number of halogens is 1. The summed E-state index contributed by atoms with van der Waals surface area (Å²) in [5.74, 6) is 0.871. The van der Waals surface area contributed by atoms with E-state index in [9.17, 15) is 9.50 Å². The third-order valence-electron chi connectivity index (χ3n) is 2.12. The monoisotopic (exact) mass is 198 g/mol. The molecular formula is C10H11FO3. The van der Waals surface area contributed by atoms with Gasteiger partial charge in [-0.1, -0.05) is 0 Å². The first-order valence-corrected chi connectivity index (χ1v) is 4.45. The highest BCUT2D eigenvalue weighted by molar-refractivity contribution is 5.51. The van der Waals surface area contributed by atoms with Gasteiger partial charge in [-0.2, -0.15) is 0 Å². The van der Waals surface area contributed by atoms with Gasteiger partial charge in [0.1, 0.15) is 25.1 Å². The molecule has 1 N–H and O–H groups in total. The largest absolute Gasteiger partial charge is 0.507 e. The van der Waals surface area contributed by atoms with Gasteiger partial charge in [0.05, 0.1) is 0 Å². The average Bonchev–Trinajstić information content (AvgIpc) is 2.16. The molecule has 0 aromatic heterocycles. The molecule has 0 aliphatic carbocycles. The van der Waals surface area contributed by atoms with Crippen LogP contribution < -0.4 is 9.47 Å². The molecule has 1 aliphatic rings. The van der Waals surface area contributed by atoms with Crippen molar-refractivity contribution in [3.8, 4) is 17.2 Å². The van der Waals surface area contributed by atoms with Crippen molar-refractivity contribution in [2.75, 3.05) is 13.2 Å². The van der Waals surface area contributed by atoms with Crippen LogP contribution in [0, 0.1) is 0 Å². The van der Waals surface area contributed by atoms with Crippen LogP contribution in [0.5, 0.6) is 17.2 Å². The summed E-state index contributed by atoms with van der Waals surface area (Å²) in [5.41, 5.74) is 0.231. The zero-order chi connectivity index (χ0) is 10.1. The minimum atomic E-state index is -1.22. The number of phenolic OH excluding ortho intramolecular Hbond substituents is 1. The zero-order valence-corrected chi connectivity index (χ0v) is 7.79. The van der Waals surface area contributed by atoms with E-state index >= 15 is 0 Å². The van der Waals surface area contributed by atoms with E-state index in [2.05, 4.69) is 0 Å². The first-order chi connectivity index (χ1) is 6.68. The Kier molecular flexibility index (Phi) is 2.19. The second kappa shape index (κ2) is 3.36. The quantitative estimate of drug-likeness (QED) is 0.751. The van der Waals surface area contributed by atoms with Gasteiger partial charge >= 0.3 is 0 Å². The molecule has 0 bridgehead atoms. The van der Waals surface area contributed by atoms with Crippen LogP contribution in [0.1, 0.15) is 18.7 Å². The number of ether oxygens (including phenoxy) is 2. The van der Waals surface area contributed by atoms with Gasteiger partial charge in [0, 0.05) is 11.6 Å². The van der Waals surface area contributed by atoms with Gasteiger partial charge in [0.15, 0.2) is 11.5 Å². The van der Waals surface area contributed by atoms with Crippen LogP contribution in [-0.2, 0) is 0 Å². The maximum absolute atomic E-state index is 13.0. The Balaban J connectivity index is 2.45. The number of alkyl halides is 1. The highest BCUT2D eigenvalue weighted by Gasteiger charge is 2.18. The van der Waals surface area contributed by atoms with E-state index in [0.29, 0.717) is 24.7 Å². The third kappa shape index (κ3) is 1.47. The van der Waals surface area contributed by atoms with Crippen molar-refractivity contribution in [3.05, 3.63) is 17.7 Å². The van der Waals surface area contributed by atoms with E-state index in [-0.39, 0.29) is 11.3 Å². The maximum atomic E-state index is 13.0. The maximum Gasteiger partial charge on any atom is 0.165 e. The first kappa shape index (κ1) is 9.12. The van der Waals surface area contributed by atoms with E-state index in [4.69, 9.17) is 9.47 Å². The second-order valence-electron chi connectivity index (χ2n) is 3.17. The lowest BCUT2D eigenvalue weighted by Crippen LogP contribution is -2.15. The summed E-state index contributed by atoms with van der Waals surface area (Å²) < 4.78 is 23.5. The number of aromatic hydroxyl groups is 1. The lowest BCUT2D eigenvalue weighted by molar-refractivity contribution is 0.170. The number of fused-ring (bicyclic) bond motifs is 1. The van der Waals surface area contributed by atoms with Gasteiger partial charge < -0.3 is 14.6 Å². The van der Waals surface area contributed by atoms with E-state index in [1.54, 1.807) is 0 Å². The van der Waals surface area contributed by atoms with E-state index in [1.807, 2.05) is 0 Å². The lowest BCUT2D eigenvalue weighted by atomic mass is 10.1. The number of hydrogen-bond donors (Lipinski definition) is 1. The lowest BCUT2D eigenvalue weighted by Gasteiger charge is -2.19. The second-order valence-corrected chi connectivity index (χ2v) is 3.17. The van der Waals surface area contributed by atoms with Crippen LogP contribution in [0.2, 0.25) is 0 Å². The van der Waals surface area contributed by atoms with Crippen LogP contribution in [0.25, 0.3) is 0 Å². The summed E-state index contributed by atoms with van der Waals surface area (Å²) in [6, 6.07) is 2.87. The first-order valence-electron chi connectivity index (χ1n) is 4.45. The van der Waals surface area contributed by atoms with Gasteiger partial charge in [0.2, 0.25) is 0 Å². The Morgan fingerprint density at radius 2 is 1.86 bits per heavy atom. The summed E-state index contributed by atoms with van der Waals surface area (Å²) in [4.78, 5) is 0. The molecule has 0 radical (unpaired) electrons. The van der Waals surface area contributed by atoms with Gasteiger partial charge in [0.25, 0.3) is 0 Å². The third-order valence-corrected chi connectivity index (χ3v) is 2.12. The molecule has 0 amide bonds. The number of hydrogen-bond acceptors (Lipinski definition) is 3. The van der Waals surface area contributed by atoms with E-state index in [1.165, 1.54) is 19.1 Å². The minimum Gasteiger partial charge on any atom is -0.507 e. The fourth-order valence-corrected chi connectivity index (χ4v) is 1.41. The van der Waals surface area contributed by atoms with Crippen molar-refractivity contribution in [1.82, 2.24) is 0 Å². The average molecular weight is 198 g/mol. The van der Waals surface area contributed by atoms with Crippen molar-refractivity contribution in [2.24, 2.45) is 0 Å². The molecule has 0 saturated heterocycles. The summed E-state index contributed by atoms with van der Waals surface area (Å²) >= 11 is 0. The molecule has 0 spiro atoms. The molecule has 1 atom stereocenters. The fraction of sp³-hybridized carbons (Fsp3) is 0.400. The topological polar surface area (TPSA) is 38.7 Å². The van der Waals surface area contributed by atoms with Crippen molar-refractivity contribution in [2.45, 2.75) is 13.1 Å². The Hall–Kier alpha value is -1.45. The molecule has 2 rings (SSSR count). The van der Waals surface area contributed by atoms with Crippen LogP contribution in [0.3, 0.4) is 0 Å². The molecular weight excluding hydrogens is 187 g/mol. The highest BCUT2D eigenvalue weighted by atomic mass is 19.1.